The zero-order valence-corrected chi connectivity index (χ0v) is 19.4. The van der Waals surface area contributed by atoms with Gasteiger partial charge in [-0.25, -0.2) is 0 Å². The van der Waals surface area contributed by atoms with Crippen molar-refractivity contribution in [2.45, 2.75) is 13.5 Å². The second-order valence-corrected chi connectivity index (χ2v) is 8.35. The third-order valence-corrected chi connectivity index (χ3v) is 5.81. The minimum atomic E-state index is 0.0989. The van der Waals surface area contributed by atoms with Crippen LogP contribution in [0, 0.1) is 6.92 Å². The maximum Gasteiger partial charge on any atom is 0.187 e. The molecule has 4 heteroatoms. The van der Waals surface area contributed by atoms with E-state index in [4.69, 9.17) is 9.47 Å². The molecule has 1 saturated heterocycles. The van der Waals surface area contributed by atoms with Crippen LogP contribution in [0.3, 0.4) is 0 Å². The highest BCUT2D eigenvalue weighted by Crippen LogP contribution is 2.25. The highest BCUT2D eigenvalue weighted by Gasteiger charge is 2.26. The van der Waals surface area contributed by atoms with E-state index in [9.17, 15) is 4.79 Å². The van der Waals surface area contributed by atoms with Crippen LogP contribution in [-0.2, 0) is 11.3 Å². The van der Waals surface area contributed by atoms with Gasteiger partial charge in [0.25, 0.3) is 0 Å². The number of carbonyl (C=O) groups is 1. The van der Waals surface area contributed by atoms with Gasteiger partial charge in [0.15, 0.2) is 5.78 Å². The number of nitrogens with zero attached hydrogens (tertiary/aromatic N) is 1. The summed E-state index contributed by atoms with van der Waals surface area (Å²) < 4.78 is 10.5. The van der Waals surface area contributed by atoms with Gasteiger partial charge in [0.2, 0.25) is 0 Å². The maximum atomic E-state index is 13.4. The Hall–Kier alpha value is -3.63. The Morgan fingerprint density at radius 3 is 1.61 bits per heavy atom. The maximum absolute atomic E-state index is 13.4. The van der Waals surface area contributed by atoms with Crippen molar-refractivity contribution >= 4 is 17.9 Å². The molecule has 1 aliphatic rings. The number of ether oxygens (including phenoxy) is 2. The first-order chi connectivity index (χ1) is 16.0. The summed E-state index contributed by atoms with van der Waals surface area (Å²) >= 11 is 0. The van der Waals surface area contributed by atoms with Crippen molar-refractivity contribution < 1.29 is 14.3 Å². The van der Waals surface area contributed by atoms with Crippen LogP contribution < -0.4 is 9.47 Å². The summed E-state index contributed by atoms with van der Waals surface area (Å²) in [4.78, 5) is 15.7. The molecule has 0 aromatic heterocycles. The Labute approximate surface area is 195 Å². The van der Waals surface area contributed by atoms with Crippen molar-refractivity contribution in [1.82, 2.24) is 4.90 Å². The van der Waals surface area contributed by atoms with Crippen molar-refractivity contribution in [3.8, 4) is 11.5 Å². The molecule has 0 amide bonds. The minimum absolute atomic E-state index is 0.0989. The molecule has 0 saturated carbocycles. The van der Waals surface area contributed by atoms with Gasteiger partial charge >= 0.3 is 0 Å². The van der Waals surface area contributed by atoms with Crippen LogP contribution in [0.15, 0.2) is 83.9 Å². The monoisotopic (exact) mass is 439 g/mol. The van der Waals surface area contributed by atoms with E-state index in [2.05, 4.69) is 36.1 Å². The Balaban J connectivity index is 1.65. The number of piperidine rings is 1. The average Bonchev–Trinajstić information content (AvgIpc) is 2.84. The lowest BCUT2D eigenvalue weighted by Gasteiger charge is -2.30. The molecule has 33 heavy (non-hydrogen) atoms. The molecule has 1 aliphatic heterocycles. The van der Waals surface area contributed by atoms with Gasteiger partial charge in [-0.1, -0.05) is 54.1 Å². The van der Waals surface area contributed by atoms with Crippen molar-refractivity contribution in [1.29, 1.82) is 0 Å². The molecular weight excluding hydrogens is 410 g/mol. The molecule has 168 valence electrons. The molecule has 4 nitrogen and oxygen atoms in total. The lowest BCUT2D eigenvalue weighted by Crippen LogP contribution is -2.37. The number of rotatable bonds is 6. The number of hydrogen-bond donors (Lipinski definition) is 0. The summed E-state index contributed by atoms with van der Waals surface area (Å²) in [5, 5.41) is 0. The Morgan fingerprint density at radius 2 is 1.18 bits per heavy atom. The van der Waals surface area contributed by atoms with Crippen molar-refractivity contribution in [3.05, 3.63) is 106 Å². The molecule has 0 atom stereocenters. The van der Waals surface area contributed by atoms with Gasteiger partial charge in [-0.05, 0) is 60.0 Å². The van der Waals surface area contributed by atoms with Gasteiger partial charge in [-0.15, -0.1) is 0 Å². The highest BCUT2D eigenvalue weighted by atomic mass is 16.5. The van der Waals surface area contributed by atoms with Crippen molar-refractivity contribution in [2.24, 2.45) is 0 Å². The van der Waals surface area contributed by atoms with Gasteiger partial charge in [0.05, 0.1) is 14.2 Å². The van der Waals surface area contributed by atoms with Crippen LogP contribution >= 0.6 is 0 Å². The Kier molecular flexibility index (Phi) is 7.06. The first-order valence-corrected chi connectivity index (χ1v) is 11.1. The lowest BCUT2D eigenvalue weighted by molar-refractivity contribution is -0.113. The second-order valence-electron chi connectivity index (χ2n) is 8.35. The van der Waals surface area contributed by atoms with E-state index in [0.717, 1.165) is 40.3 Å². The van der Waals surface area contributed by atoms with Crippen LogP contribution in [0.2, 0.25) is 0 Å². The third kappa shape index (κ3) is 5.79. The summed E-state index contributed by atoms with van der Waals surface area (Å²) in [6.45, 7) is 4.10. The SMILES string of the molecule is COc1ccc(/C=C2\CN(Cc3ccc(C)cc3)C/C(=C\c3ccc(OC)cc3)C2=O)cc1. The molecule has 3 aromatic carbocycles. The zero-order chi connectivity index (χ0) is 23.2. The normalized spacial score (nSPS) is 16.9. The molecule has 0 spiro atoms. The molecule has 4 rings (SSSR count). The van der Waals surface area contributed by atoms with E-state index in [0.29, 0.717) is 13.1 Å². The zero-order valence-electron chi connectivity index (χ0n) is 19.4. The highest BCUT2D eigenvalue weighted by molar-refractivity contribution is 6.14. The summed E-state index contributed by atoms with van der Waals surface area (Å²) in [5.74, 6) is 1.70. The van der Waals surface area contributed by atoms with Crippen LogP contribution in [0.25, 0.3) is 12.2 Å². The molecule has 1 heterocycles. The van der Waals surface area contributed by atoms with Gasteiger partial charge in [0.1, 0.15) is 11.5 Å². The largest absolute Gasteiger partial charge is 0.497 e. The van der Waals surface area contributed by atoms with Crippen molar-refractivity contribution in [3.63, 3.8) is 0 Å². The van der Waals surface area contributed by atoms with Crippen molar-refractivity contribution in [2.75, 3.05) is 27.3 Å². The fourth-order valence-corrected chi connectivity index (χ4v) is 3.98. The fraction of sp³-hybridized carbons (Fsp3) is 0.207. The Bertz CT molecular complexity index is 1090. The van der Waals surface area contributed by atoms with Crippen LogP contribution in [0.5, 0.6) is 11.5 Å². The van der Waals surface area contributed by atoms with Gasteiger partial charge in [-0.2, -0.15) is 0 Å². The predicted molar refractivity (Wildman–Crippen MR) is 133 cm³/mol. The summed E-state index contributed by atoms with van der Waals surface area (Å²) in [5.41, 5.74) is 6.03. The first-order valence-electron chi connectivity index (χ1n) is 11.1. The molecule has 3 aromatic rings. The molecule has 0 aliphatic carbocycles. The number of carbonyl (C=O) groups excluding carboxylic acids is 1. The lowest BCUT2D eigenvalue weighted by atomic mass is 9.93. The smallest absolute Gasteiger partial charge is 0.187 e. The number of likely N-dealkylation sites (tertiary alicyclic amines) is 1. The second kappa shape index (κ2) is 10.3. The standard InChI is InChI=1S/C29H29NO3/c1-21-4-6-24(7-5-21)18-30-19-25(16-22-8-12-27(32-2)13-9-22)29(31)26(20-30)17-23-10-14-28(33-3)15-11-23/h4-17H,18-20H2,1-3H3/b25-16+,26-17+. The molecule has 0 bridgehead atoms. The van der Waals surface area contributed by atoms with E-state index in [1.54, 1.807) is 14.2 Å². The molecular formula is C29H29NO3. The number of methoxy groups -OCH3 is 2. The molecule has 0 unspecified atom stereocenters. The first kappa shape index (κ1) is 22.6. The van der Waals surface area contributed by atoms with Crippen LogP contribution in [0.4, 0.5) is 0 Å². The predicted octanol–water partition coefficient (Wildman–Crippen LogP) is 5.56. The summed E-state index contributed by atoms with van der Waals surface area (Å²) in [6.07, 6.45) is 3.98. The average molecular weight is 440 g/mol. The number of ketones is 1. The number of benzene rings is 3. The van der Waals surface area contributed by atoms with E-state index >= 15 is 0 Å². The third-order valence-electron chi connectivity index (χ3n) is 5.81. The molecule has 0 radical (unpaired) electrons. The van der Waals surface area contributed by atoms with Gasteiger partial charge in [-0.3, -0.25) is 9.69 Å². The summed E-state index contributed by atoms with van der Waals surface area (Å²) in [7, 11) is 3.30. The number of hydrogen-bond acceptors (Lipinski definition) is 4. The topological polar surface area (TPSA) is 38.8 Å². The minimum Gasteiger partial charge on any atom is -0.497 e. The van der Waals surface area contributed by atoms with Gasteiger partial charge < -0.3 is 9.47 Å². The van der Waals surface area contributed by atoms with E-state index in [-0.39, 0.29) is 5.78 Å². The summed E-state index contributed by atoms with van der Waals surface area (Å²) in [6, 6.07) is 24.1. The fourth-order valence-electron chi connectivity index (χ4n) is 3.98. The number of aryl methyl sites for hydroxylation is 1. The molecule has 1 fully saturated rings. The quantitative estimate of drug-likeness (QED) is 0.471. The molecule has 0 N–H and O–H groups in total. The number of Topliss-reactive ketones (excluding diaryl/α,β-unsaturated/α-hetero) is 1. The Morgan fingerprint density at radius 1 is 0.727 bits per heavy atom. The van der Waals surface area contributed by atoms with Crippen LogP contribution in [0.1, 0.15) is 22.3 Å². The van der Waals surface area contributed by atoms with Gasteiger partial charge in [0, 0.05) is 30.8 Å². The van der Waals surface area contributed by atoms with E-state index in [1.165, 1.54) is 11.1 Å². The van der Waals surface area contributed by atoms with E-state index < -0.39 is 0 Å². The van der Waals surface area contributed by atoms with E-state index in [1.807, 2.05) is 60.7 Å². The van der Waals surface area contributed by atoms with Crippen LogP contribution in [-0.4, -0.2) is 38.0 Å².